The second kappa shape index (κ2) is 6.45. The predicted octanol–water partition coefficient (Wildman–Crippen LogP) is 2.49. The van der Waals surface area contributed by atoms with E-state index < -0.39 is 5.97 Å². The molecule has 122 valence electrons. The second-order valence-electron chi connectivity index (χ2n) is 5.41. The number of amides is 1. The molecule has 3 rings (SSSR count). The lowest BCUT2D eigenvalue weighted by Crippen LogP contribution is -2.55. The highest BCUT2D eigenvalue weighted by molar-refractivity contribution is 8.00. The van der Waals surface area contributed by atoms with Crippen molar-refractivity contribution in [3.8, 4) is 5.75 Å². The van der Waals surface area contributed by atoms with Crippen molar-refractivity contribution >= 4 is 35.2 Å². The Morgan fingerprint density at radius 3 is 2.65 bits per heavy atom. The molecule has 1 fully saturated rings. The van der Waals surface area contributed by atoms with E-state index in [1.165, 1.54) is 4.90 Å². The van der Waals surface area contributed by atoms with E-state index in [2.05, 4.69) is 0 Å². The molecule has 1 aromatic rings. The minimum Gasteiger partial charge on any atom is -0.497 e. The average Bonchev–Trinajstić information content (AvgIpc) is 2.54. The molecule has 5 nitrogen and oxygen atoms in total. The minimum absolute atomic E-state index is 0.0404. The first kappa shape index (κ1) is 16.2. The van der Waals surface area contributed by atoms with Gasteiger partial charge in [-0.1, -0.05) is 12.1 Å². The summed E-state index contributed by atoms with van der Waals surface area (Å²) in [6.45, 7) is 0. The molecule has 1 unspecified atom stereocenters. The van der Waals surface area contributed by atoms with Crippen LogP contribution in [0.25, 0.3) is 0 Å². The number of halogens is 1. The van der Waals surface area contributed by atoms with Crippen molar-refractivity contribution in [2.75, 3.05) is 13.0 Å². The Bertz CT molecular complexity index is 673. The van der Waals surface area contributed by atoms with Gasteiger partial charge in [-0.15, -0.1) is 23.4 Å². The molecule has 0 radical (unpaired) electrons. The number of carbonyl (C=O) groups is 2. The number of carboxylic acid groups (broad SMARTS) is 1. The number of thioether (sulfide) groups is 1. The number of carbonyl (C=O) groups excluding carboxylic acids is 1. The highest BCUT2D eigenvalue weighted by Gasteiger charge is 2.48. The Balaban J connectivity index is 1.89. The lowest BCUT2D eigenvalue weighted by atomic mass is 10.00. The molecule has 1 N–H and O–H groups in total. The largest absolute Gasteiger partial charge is 0.497 e. The summed E-state index contributed by atoms with van der Waals surface area (Å²) in [7, 11) is 1.61. The average molecular weight is 354 g/mol. The van der Waals surface area contributed by atoms with Gasteiger partial charge in [-0.2, -0.15) is 0 Å². The topological polar surface area (TPSA) is 66.8 Å². The summed E-state index contributed by atoms with van der Waals surface area (Å²) < 4.78 is 5.14. The number of carboxylic acids is 1. The molecule has 2 aliphatic rings. The smallest absolute Gasteiger partial charge is 0.352 e. The summed E-state index contributed by atoms with van der Waals surface area (Å²) in [4.78, 5) is 24.7. The predicted molar refractivity (Wildman–Crippen MR) is 88.7 cm³/mol. The standard InChI is InChI=1S/C16H16ClNO4S/c1-22-10-4-2-9(3-5-10)6-12-11(8-17)15(16(20)21)18-13(19)7-14(18)23-12/h2-5,12,14H,6-8H2,1H3,(H,20,21)/t12?,14-/m1/s1. The number of hydrogen-bond donors (Lipinski definition) is 1. The Labute approximate surface area is 143 Å². The van der Waals surface area contributed by atoms with E-state index in [0.717, 1.165) is 11.3 Å². The van der Waals surface area contributed by atoms with Crippen LogP contribution in [0.5, 0.6) is 5.75 Å². The van der Waals surface area contributed by atoms with Gasteiger partial charge in [0.1, 0.15) is 11.4 Å². The van der Waals surface area contributed by atoms with E-state index in [1.807, 2.05) is 24.3 Å². The summed E-state index contributed by atoms with van der Waals surface area (Å²) >= 11 is 7.63. The van der Waals surface area contributed by atoms with Crippen molar-refractivity contribution in [2.45, 2.75) is 23.5 Å². The molecule has 2 atom stereocenters. The number of benzene rings is 1. The summed E-state index contributed by atoms with van der Waals surface area (Å²) in [5, 5.41) is 9.36. The van der Waals surface area contributed by atoms with Gasteiger partial charge in [-0.3, -0.25) is 9.69 Å². The zero-order chi connectivity index (χ0) is 16.6. The number of fused-ring (bicyclic) bond motifs is 1. The van der Waals surface area contributed by atoms with Gasteiger partial charge in [0.25, 0.3) is 0 Å². The fraction of sp³-hybridized carbons (Fsp3) is 0.375. The quantitative estimate of drug-likeness (QED) is 0.650. The minimum atomic E-state index is -1.08. The maximum atomic E-state index is 11.7. The Morgan fingerprint density at radius 2 is 2.13 bits per heavy atom. The maximum Gasteiger partial charge on any atom is 0.352 e. The van der Waals surface area contributed by atoms with Crippen LogP contribution in [0.2, 0.25) is 0 Å². The van der Waals surface area contributed by atoms with Crippen molar-refractivity contribution in [1.82, 2.24) is 4.90 Å². The third-order valence-electron chi connectivity index (χ3n) is 4.09. The van der Waals surface area contributed by atoms with Crippen molar-refractivity contribution in [3.63, 3.8) is 0 Å². The van der Waals surface area contributed by atoms with Crippen LogP contribution in [0, 0.1) is 0 Å². The maximum absolute atomic E-state index is 11.7. The number of nitrogens with zero attached hydrogens (tertiary/aromatic N) is 1. The number of ether oxygens (including phenoxy) is 1. The first-order valence-electron chi connectivity index (χ1n) is 7.18. The summed E-state index contributed by atoms with van der Waals surface area (Å²) in [5.41, 5.74) is 1.76. The zero-order valence-electron chi connectivity index (χ0n) is 12.5. The van der Waals surface area contributed by atoms with Crippen LogP contribution >= 0.6 is 23.4 Å². The van der Waals surface area contributed by atoms with Crippen LogP contribution in [0.15, 0.2) is 35.5 Å². The van der Waals surface area contributed by atoms with E-state index in [1.54, 1.807) is 18.9 Å². The first-order chi connectivity index (χ1) is 11.0. The zero-order valence-corrected chi connectivity index (χ0v) is 14.1. The molecule has 7 heteroatoms. The third-order valence-corrected chi connectivity index (χ3v) is 5.85. The highest BCUT2D eigenvalue weighted by atomic mass is 35.5. The summed E-state index contributed by atoms with van der Waals surface area (Å²) in [6, 6.07) is 7.68. The van der Waals surface area contributed by atoms with Crippen molar-refractivity contribution < 1.29 is 19.4 Å². The second-order valence-corrected chi connectivity index (χ2v) is 7.06. The summed E-state index contributed by atoms with van der Waals surface area (Å²) in [5.74, 6) is -0.351. The van der Waals surface area contributed by atoms with E-state index >= 15 is 0 Å². The molecular formula is C16H16ClNO4S. The highest BCUT2D eigenvalue weighted by Crippen LogP contribution is 2.45. The van der Waals surface area contributed by atoms with Crippen LogP contribution in [0.1, 0.15) is 12.0 Å². The monoisotopic (exact) mass is 353 g/mol. The van der Waals surface area contributed by atoms with Gasteiger partial charge in [-0.25, -0.2) is 4.79 Å². The molecule has 2 heterocycles. The van der Waals surface area contributed by atoms with Crippen LogP contribution in [0.4, 0.5) is 0 Å². The van der Waals surface area contributed by atoms with Gasteiger partial charge in [-0.05, 0) is 29.7 Å². The van der Waals surface area contributed by atoms with Crippen LogP contribution < -0.4 is 4.74 Å². The normalized spacial score (nSPS) is 23.4. The number of aliphatic carboxylic acids is 1. The van der Waals surface area contributed by atoms with Crippen molar-refractivity contribution in [3.05, 3.63) is 41.1 Å². The molecule has 0 saturated carbocycles. The van der Waals surface area contributed by atoms with Crippen LogP contribution in [-0.4, -0.2) is 45.5 Å². The number of hydrogen-bond acceptors (Lipinski definition) is 4. The molecule has 2 aliphatic heterocycles. The fourth-order valence-corrected chi connectivity index (χ4v) is 4.90. The molecule has 0 bridgehead atoms. The molecule has 1 aromatic carbocycles. The summed E-state index contributed by atoms with van der Waals surface area (Å²) in [6.07, 6.45) is 1.06. The molecule has 1 saturated heterocycles. The van der Waals surface area contributed by atoms with Crippen LogP contribution in [0.3, 0.4) is 0 Å². The molecule has 0 aromatic heterocycles. The van der Waals surface area contributed by atoms with E-state index in [4.69, 9.17) is 16.3 Å². The van der Waals surface area contributed by atoms with Crippen molar-refractivity contribution in [1.29, 1.82) is 0 Å². The lowest BCUT2D eigenvalue weighted by Gasteiger charge is -2.46. The molecule has 1 amide bonds. The third kappa shape index (κ3) is 2.93. The number of alkyl halides is 1. The SMILES string of the molecule is COc1ccc(CC2S[C@@H]3CC(=O)N3C(C(=O)O)=C2CCl)cc1. The Hall–Kier alpha value is -1.66. The first-order valence-corrected chi connectivity index (χ1v) is 8.65. The fourth-order valence-electron chi connectivity index (χ4n) is 2.88. The number of methoxy groups -OCH3 is 1. The number of rotatable bonds is 5. The molecule has 23 heavy (non-hydrogen) atoms. The van der Waals surface area contributed by atoms with Gasteiger partial charge in [0.2, 0.25) is 5.91 Å². The van der Waals surface area contributed by atoms with Crippen molar-refractivity contribution in [2.24, 2.45) is 0 Å². The van der Waals surface area contributed by atoms with Gasteiger partial charge in [0.15, 0.2) is 0 Å². The van der Waals surface area contributed by atoms with E-state index in [0.29, 0.717) is 18.4 Å². The lowest BCUT2D eigenvalue weighted by molar-refractivity contribution is -0.146. The van der Waals surface area contributed by atoms with Gasteiger partial charge >= 0.3 is 5.97 Å². The molecular weight excluding hydrogens is 338 g/mol. The van der Waals surface area contributed by atoms with Gasteiger partial charge < -0.3 is 9.84 Å². The van der Waals surface area contributed by atoms with E-state index in [-0.39, 0.29) is 28.1 Å². The Morgan fingerprint density at radius 1 is 1.43 bits per heavy atom. The Kier molecular flexibility index (Phi) is 4.55. The molecule has 0 aliphatic carbocycles. The van der Waals surface area contributed by atoms with Gasteiger partial charge in [0.05, 0.1) is 18.9 Å². The van der Waals surface area contributed by atoms with E-state index in [9.17, 15) is 14.7 Å². The molecule has 0 spiro atoms. The van der Waals surface area contributed by atoms with Gasteiger partial charge in [0, 0.05) is 11.1 Å². The van der Waals surface area contributed by atoms with Crippen LogP contribution in [-0.2, 0) is 16.0 Å². The number of β-lactam (4-membered cyclic amide) rings is 1.